The van der Waals surface area contributed by atoms with E-state index in [1.54, 1.807) is 24.1 Å². The number of rotatable bonds is 8. The van der Waals surface area contributed by atoms with E-state index < -0.39 is 5.91 Å². The van der Waals surface area contributed by atoms with Crippen LogP contribution in [0.2, 0.25) is 5.02 Å². The van der Waals surface area contributed by atoms with E-state index in [9.17, 15) is 9.59 Å². The number of aromatic nitrogens is 1. The van der Waals surface area contributed by atoms with Crippen LogP contribution in [0.25, 0.3) is 0 Å². The second kappa shape index (κ2) is 11.9. The normalized spacial score (nSPS) is 15.8. The van der Waals surface area contributed by atoms with Crippen LogP contribution in [-0.4, -0.2) is 67.0 Å². The van der Waals surface area contributed by atoms with Gasteiger partial charge in [0.2, 0.25) is 5.88 Å². The topological polar surface area (TPSA) is 126 Å². The molecule has 10 nitrogen and oxygen atoms in total. The van der Waals surface area contributed by atoms with Crippen molar-refractivity contribution in [3.63, 3.8) is 0 Å². The Kier molecular flexibility index (Phi) is 8.40. The molecule has 0 spiro atoms. The smallest absolute Gasteiger partial charge is 0.257 e. The lowest BCUT2D eigenvalue weighted by Crippen LogP contribution is -2.42. The van der Waals surface area contributed by atoms with Crippen LogP contribution in [0.15, 0.2) is 42.7 Å². The zero-order valence-corrected chi connectivity index (χ0v) is 20.6. The van der Waals surface area contributed by atoms with Gasteiger partial charge in [-0.1, -0.05) is 11.6 Å². The Morgan fingerprint density at radius 2 is 1.92 bits per heavy atom. The Balaban J connectivity index is 1.56. The van der Waals surface area contributed by atoms with Crippen LogP contribution in [0.5, 0.6) is 17.4 Å². The van der Waals surface area contributed by atoms with Crippen LogP contribution in [0.1, 0.15) is 40.0 Å². The molecule has 1 aromatic carbocycles. The number of hydrogen-bond donors (Lipinski definition) is 3. The molecule has 190 valence electrons. The van der Waals surface area contributed by atoms with Crippen molar-refractivity contribution in [2.45, 2.75) is 25.4 Å². The lowest BCUT2D eigenvalue weighted by atomic mass is 10.1. The number of likely N-dealkylation sites (tertiary alicyclic amines) is 1. The summed E-state index contributed by atoms with van der Waals surface area (Å²) in [5.41, 5.74) is 0.620. The quantitative estimate of drug-likeness (QED) is 0.365. The zero-order chi connectivity index (χ0) is 25.5. The van der Waals surface area contributed by atoms with Gasteiger partial charge in [-0.05, 0) is 36.9 Å². The van der Waals surface area contributed by atoms with Gasteiger partial charge < -0.3 is 29.7 Å². The fourth-order valence-corrected chi connectivity index (χ4v) is 3.85. The number of nitrogens with zero attached hydrogens (tertiary/aromatic N) is 2. The van der Waals surface area contributed by atoms with Crippen molar-refractivity contribution in [2.24, 2.45) is 0 Å². The average Bonchev–Trinajstić information content (AvgIpc) is 2.83. The van der Waals surface area contributed by atoms with Crippen molar-refractivity contribution >= 4 is 29.3 Å². The first-order valence-electron chi connectivity index (χ1n) is 11.7. The Morgan fingerprint density at radius 3 is 2.58 bits per heavy atom. The molecule has 3 N–H and O–H groups in total. The number of benzene rings is 1. The van der Waals surface area contributed by atoms with Crippen LogP contribution in [-0.2, 0) is 4.74 Å². The molecule has 0 radical (unpaired) electrons. The van der Waals surface area contributed by atoms with E-state index in [4.69, 9.17) is 31.2 Å². The molecule has 2 aliphatic rings. The highest BCUT2D eigenvalue weighted by Crippen LogP contribution is 2.32. The van der Waals surface area contributed by atoms with Gasteiger partial charge in [-0.15, -0.1) is 0 Å². The Labute approximate surface area is 214 Å². The summed E-state index contributed by atoms with van der Waals surface area (Å²) in [5, 5.41) is 13.3. The van der Waals surface area contributed by atoms with Crippen molar-refractivity contribution in [2.75, 3.05) is 33.4 Å². The molecule has 4 rings (SSSR count). The third kappa shape index (κ3) is 6.52. The van der Waals surface area contributed by atoms with Gasteiger partial charge >= 0.3 is 0 Å². The first-order valence-corrected chi connectivity index (χ1v) is 12.1. The number of carbonyl (C=O) groups is 2. The molecule has 2 fully saturated rings. The minimum atomic E-state index is -0.502. The minimum absolute atomic E-state index is 0.0599. The number of nitrogens with one attached hydrogen (secondary N) is 3. The molecular weight excluding hydrogens is 486 g/mol. The first-order chi connectivity index (χ1) is 17.4. The lowest BCUT2D eigenvalue weighted by molar-refractivity contribution is 0.0254. The lowest BCUT2D eigenvalue weighted by Gasteiger charge is -2.30. The van der Waals surface area contributed by atoms with Crippen LogP contribution < -0.4 is 20.1 Å². The van der Waals surface area contributed by atoms with Crippen molar-refractivity contribution < 1.29 is 23.8 Å². The van der Waals surface area contributed by atoms with Gasteiger partial charge in [-0.25, -0.2) is 4.98 Å². The summed E-state index contributed by atoms with van der Waals surface area (Å²) in [6.45, 7) is 2.65. The monoisotopic (exact) mass is 513 g/mol. The van der Waals surface area contributed by atoms with Gasteiger partial charge in [0.1, 0.15) is 28.5 Å². The number of amides is 2. The maximum Gasteiger partial charge on any atom is 0.257 e. The fourth-order valence-electron chi connectivity index (χ4n) is 3.65. The largest absolute Gasteiger partial charge is 0.490 e. The summed E-state index contributed by atoms with van der Waals surface area (Å²) in [6.07, 6.45) is 6.76. The van der Waals surface area contributed by atoms with Crippen molar-refractivity contribution in [1.82, 2.24) is 20.5 Å². The standard InChI is InChI=1S/C25H28ClN5O5/c1-28-6-3-22(27)30-23(32)16-11-19(35-18-4-9-34-10-5-18)14-20(12-16)36-24-21(26)13-17(15-29-24)25(33)31-7-2-8-31/h3,6,11-15,18,28H,2,4-5,7-10H2,1H3,(H2,27,30,32)/b6-3-. The highest BCUT2D eigenvalue weighted by molar-refractivity contribution is 6.32. The van der Waals surface area contributed by atoms with Gasteiger partial charge in [0.05, 0.1) is 18.8 Å². The van der Waals surface area contributed by atoms with E-state index >= 15 is 0 Å². The highest BCUT2D eigenvalue weighted by atomic mass is 35.5. The molecule has 2 aromatic rings. The molecule has 1 aromatic heterocycles. The van der Waals surface area contributed by atoms with Crippen LogP contribution in [0.3, 0.4) is 0 Å². The summed E-state index contributed by atoms with van der Waals surface area (Å²) in [5.74, 6) is 0.0944. The number of amidine groups is 1. The van der Waals surface area contributed by atoms with E-state index in [1.165, 1.54) is 30.6 Å². The molecule has 0 unspecified atom stereocenters. The molecule has 0 saturated carbocycles. The molecule has 0 aliphatic carbocycles. The molecular formula is C25H28ClN5O5. The maximum atomic E-state index is 12.8. The van der Waals surface area contributed by atoms with Crippen LogP contribution >= 0.6 is 11.6 Å². The predicted octanol–water partition coefficient (Wildman–Crippen LogP) is 3.37. The molecule has 11 heteroatoms. The summed E-state index contributed by atoms with van der Waals surface area (Å²) in [7, 11) is 1.69. The summed E-state index contributed by atoms with van der Waals surface area (Å²) in [6, 6.07) is 6.28. The SMILES string of the molecule is CN/C=C\C(=N)NC(=O)c1cc(Oc2ncc(C(=O)N3CCC3)cc2Cl)cc(OC2CCOCC2)c1. The fraction of sp³-hybridized carbons (Fsp3) is 0.360. The van der Waals surface area contributed by atoms with Crippen molar-refractivity contribution in [1.29, 1.82) is 5.41 Å². The second-order valence-electron chi connectivity index (χ2n) is 8.37. The Hall–Kier alpha value is -3.63. The van der Waals surface area contributed by atoms with Gasteiger partial charge in [-0.3, -0.25) is 15.0 Å². The third-order valence-corrected chi connectivity index (χ3v) is 5.96. The predicted molar refractivity (Wildman–Crippen MR) is 134 cm³/mol. The number of ether oxygens (including phenoxy) is 3. The number of pyridine rings is 1. The summed E-state index contributed by atoms with van der Waals surface area (Å²) >= 11 is 6.38. The molecule has 3 heterocycles. The highest BCUT2D eigenvalue weighted by Gasteiger charge is 2.23. The van der Waals surface area contributed by atoms with Gasteiger partial charge in [0, 0.05) is 50.8 Å². The van der Waals surface area contributed by atoms with E-state index in [0.717, 1.165) is 32.4 Å². The maximum absolute atomic E-state index is 12.8. The first kappa shape index (κ1) is 25.5. The van der Waals surface area contributed by atoms with Gasteiger partial charge in [0.15, 0.2) is 0 Å². The van der Waals surface area contributed by atoms with E-state index in [1.807, 2.05) is 0 Å². The second-order valence-corrected chi connectivity index (χ2v) is 8.78. The van der Waals surface area contributed by atoms with Crippen LogP contribution in [0, 0.1) is 5.41 Å². The summed E-state index contributed by atoms with van der Waals surface area (Å²) < 4.78 is 17.4. The zero-order valence-electron chi connectivity index (χ0n) is 19.9. The number of hydrogen-bond acceptors (Lipinski definition) is 8. The number of halogens is 1. The minimum Gasteiger partial charge on any atom is -0.490 e. The van der Waals surface area contributed by atoms with Crippen molar-refractivity contribution in [3.05, 3.63) is 58.9 Å². The van der Waals surface area contributed by atoms with Gasteiger partial charge in [-0.2, -0.15) is 0 Å². The molecule has 2 saturated heterocycles. The molecule has 2 aliphatic heterocycles. The summed E-state index contributed by atoms with van der Waals surface area (Å²) in [4.78, 5) is 31.2. The molecule has 36 heavy (non-hydrogen) atoms. The molecule has 0 bridgehead atoms. The number of carbonyl (C=O) groups excluding carboxylic acids is 2. The Bertz CT molecular complexity index is 1160. The van der Waals surface area contributed by atoms with Crippen LogP contribution in [0.4, 0.5) is 0 Å². The van der Waals surface area contributed by atoms with Gasteiger partial charge in [0.25, 0.3) is 11.8 Å². The van der Waals surface area contributed by atoms with E-state index in [-0.39, 0.29) is 40.1 Å². The Morgan fingerprint density at radius 1 is 1.17 bits per heavy atom. The van der Waals surface area contributed by atoms with E-state index in [2.05, 4.69) is 15.6 Å². The average molecular weight is 514 g/mol. The van der Waals surface area contributed by atoms with E-state index in [0.29, 0.717) is 24.5 Å². The molecule has 0 atom stereocenters. The third-order valence-electron chi connectivity index (χ3n) is 5.69. The van der Waals surface area contributed by atoms with Crippen molar-refractivity contribution in [3.8, 4) is 17.4 Å². The molecule has 2 amide bonds.